The van der Waals surface area contributed by atoms with E-state index in [9.17, 15) is 19.2 Å². The Kier molecular flexibility index (Phi) is 25.5. The van der Waals surface area contributed by atoms with Gasteiger partial charge in [0, 0.05) is 11.8 Å². The molecule has 2 aliphatic rings. The third-order valence-corrected chi connectivity index (χ3v) is 12.0. The van der Waals surface area contributed by atoms with Gasteiger partial charge in [0.1, 0.15) is 5.57 Å². The molecule has 0 aromatic carbocycles. The predicted octanol–water partition coefficient (Wildman–Crippen LogP) is 11.8. The van der Waals surface area contributed by atoms with Crippen LogP contribution in [-0.4, -0.2) is 37.8 Å². The molecule has 0 unspecified atom stereocenters. The standard InChI is InChI=1S/C46H79NO6/c1-5-7-9-11-13-15-17-19-21-23-25-27-29-31-33-36-35-38(44(47)49)41-40(39(36)45(50)52-3)37(42(43(41)48)46(51)53-4)34-32-30-28-26-24-22-20-18-16-14-12-10-8-6-2/h35,38-41H,5-34H2,1-4H3,(H2,47,49)/t38-,39-,40+,41-/m1/s1. The van der Waals surface area contributed by atoms with Gasteiger partial charge < -0.3 is 15.2 Å². The third-order valence-electron chi connectivity index (χ3n) is 12.0. The van der Waals surface area contributed by atoms with Crippen molar-refractivity contribution in [2.75, 3.05) is 14.2 Å². The number of amides is 1. The second-order valence-electron chi connectivity index (χ2n) is 16.2. The highest BCUT2D eigenvalue weighted by Gasteiger charge is 2.56. The lowest BCUT2D eigenvalue weighted by Crippen LogP contribution is -2.44. The van der Waals surface area contributed by atoms with E-state index in [1.165, 1.54) is 155 Å². The van der Waals surface area contributed by atoms with Crippen LogP contribution in [0.2, 0.25) is 0 Å². The first kappa shape index (κ1) is 46.7. The van der Waals surface area contributed by atoms with Gasteiger partial charge in [-0.1, -0.05) is 192 Å². The fourth-order valence-electron chi connectivity index (χ4n) is 8.92. The number of esters is 2. The normalized spacial score (nSPS) is 19.7. The Balaban J connectivity index is 1.93. The number of carbonyl (C=O) groups is 4. The largest absolute Gasteiger partial charge is 0.469 e. The van der Waals surface area contributed by atoms with Crippen LogP contribution in [-0.2, 0) is 28.7 Å². The number of Topliss-reactive ketones (excluding diaryl/α,β-unsaturated/α-hetero) is 1. The maximum atomic E-state index is 13.9. The maximum absolute atomic E-state index is 13.9. The quantitative estimate of drug-likeness (QED) is 0.0310. The molecule has 0 radical (unpaired) electrons. The van der Waals surface area contributed by atoms with Crippen molar-refractivity contribution in [2.24, 2.45) is 29.4 Å². The van der Waals surface area contributed by atoms with Crippen LogP contribution in [0, 0.1) is 23.7 Å². The van der Waals surface area contributed by atoms with Crippen LogP contribution in [0.1, 0.15) is 206 Å². The number of primary amides is 1. The number of nitrogens with two attached hydrogens (primary N) is 1. The lowest BCUT2D eigenvalue weighted by Gasteiger charge is -2.37. The monoisotopic (exact) mass is 742 g/mol. The Bertz CT molecular complexity index is 1130. The van der Waals surface area contributed by atoms with Crippen molar-refractivity contribution in [1.82, 2.24) is 0 Å². The molecule has 0 bridgehead atoms. The molecule has 0 saturated carbocycles. The average molecular weight is 742 g/mol. The van der Waals surface area contributed by atoms with Gasteiger partial charge in [-0.05, 0) is 31.3 Å². The Morgan fingerprint density at radius 2 is 0.925 bits per heavy atom. The number of ether oxygens (including phenoxy) is 2. The number of fused-ring (bicyclic) bond motifs is 1. The van der Waals surface area contributed by atoms with Gasteiger partial charge in [-0.2, -0.15) is 0 Å². The summed E-state index contributed by atoms with van der Waals surface area (Å²) < 4.78 is 10.4. The molecular formula is C46H79NO6. The number of hydrogen-bond donors (Lipinski definition) is 1. The molecule has 0 aromatic heterocycles. The molecule has 2 rings (SSSR count). The molecular weight excluding hydrogens is 663 g/mol. The highest BCUT2D eigenvalue weighted by Crippen LogP contribution is 2.52. The molecule has 0 aromatic rings. The Labute approximate surface area is 324 Å². The van der Waals surface area contributed by atoms with Gasteiger partial charge in [-0.25, -0.2) is 4.79 Å². The molecule has 2 N–H and O–H groups in total. The Hall–Kier alpha value is -2.44. The summed E-state index contributed by atoms with van der Waals surface area (Å²) in [5, 5.41) is 0. The molecule has 0 spiro atoms. The van der Waals surface area contributed by atoms with Crippen molar-refractivity contribution in [3.8, 4) is 0 Å². The van der Waals surface area contributed by atoms with Gasteiger partial charge in [0.05, 0.1) is 26.1 Å². The predicted molar refractivity (Wildman–Crippen MR) is 217 cm³/mol. The van der Waals surface area contributed by atoms with E-state index >= 15 is 0 Å². The molecule has 2 aliphatic carbocycles. The summed E-state index contributed by atoms with van der Waals surface area (Å²) in [5.41, 5.74) is 7.41. The van der Waals surface area contributed by atoms with E-state index in [1.54, 1.807) is 6.08 Å². The van der Waals surface area contributed by atoms with Gasteiger partial charge in [-0.3, -0.25) is 14.4 Å². The number of allylic oxidation sites excluding steroid dienone is 1. The van der Waals surface area contributed by atoms with Crippen LogP contribution in [0.5, 0.6) is 0 Å². The molecule has 53 heavy (non-hydrogen) atoms. The Morgan fingerprint density at radius 3 is 1.28 bits per heavy atom. The second kappa shape index (κ2) is 28.9. The number of rotatable bonds is 33. The summed E-state index contributed by atoms with van der Waals surface area (Å²) in [7, 11) is 2.65. The molecule has 0 heterocycles. The van der Waals surface area contributed by atoms with Crippen LogP contribution in [0.3, 0.4) is 0 Å². The van der Waals surface area contributed by atoms with Gasteiger partial charge in [-0.15, -0.1) is 0 Å². The van der Waals surface area contributed by atoms with Crippen LogP contribution in [0.15, 0.2) is 22.8 Å². The summed E-state index contributed by atoms with van der Waals surface area (Å²) in [6.45, 7) is 4.52. The van der Waals surface area contributed by atoms with Crippen LogP contribution in [0.25, 0.3) is 0 Å². The zero-order valence-electron chi connectivity index (χ0n) is 34.6. The summed E-state index contributed by atoms with van der Waals surface area (Å²) in [5.74, 6) is -5.22. The van der Waals surface area contributed by atoms with E-state index in [0.29, 0.717) is 18.4 Å². The molecule has 304 valence electrons. The molecule has 4 atom stereocenters. The van der Waals surface area contributed by atoms with Gasteiger partial charge in [0.2, 0.25) is 5.91 Å². The summed E-state index contributed by atoms with van der Waals surface area (Å²) in [6.07, 6.45) is 37.8. The SMILES string of the molecule is CCCCCCCCCCCCCCCCC1=C[C@@H](C(N)=O)[C@H]2C(=O)C(C(=O)OC)=C(CCCCCCCCCCCCCCCC)[C@H]2[C@@H]1C(=O)OC. The van der Waals surface area contributed by atoms with E-state index in [2.05, 4.69) is 13.8 Å². The van der Waals surface area contributed by atoms with Crippen molar-refractivity contribution in [3.63, 3.8) is 0 Å². The molecule has 7 heteroatoms. The van der Waals surface area contributed by atoms with E-state index in [4.69, 9.17) is 15.2 Å². The summed E-state index contributed by atoms with van der Waals surface area (Å²) >= 11 is 0. The van der Waals surface area contributed by atoms with E-state index in [0.717, 1.165) is 44.1 Å². The number of hydrogen-bond acceptors (Lipinski definition) is 6. The first-order valence-corrected chi connectivity index (χ1v) is 22.3. The van der Waals surface area contributed by atoms with E-state index < -0.39 is 47.3 Å². The van der Waals surface area contributed by atoms with Crippen LogP contribution in [0.4, 0.5) is 0 Å². The minimum atomic E-state index is -0.882. The third kappa shape index (κ3) is 16.9. The highest BCUT2D eigenvalue weighted by molar-refractivity contribution is 6.22. The zero-order chi connectivity index (χ0) is 38.7. The smallest absolute Gasteiger partial charge is 0.341 e. The van der Waals surface area contributed by atoms with Crippen molar-refractivity contribution in [1.29, 1.82) is 0 Å². The highest BCUT2D eigenvalue weighted by atomic mass is 16.5. The first-order chi connectivity index (χ1) is 25.8. The van der Waals surface area contributed by atoms with Crippen molar-refractivity contribution in [3.05, 3.63) is 22.8 Å². The zero-order valence-corrected chi connectivity index (χ0v) is 34.6. The van der Waals surface area contributed by atoms with Gasteiger partial charge >= 0.3 is 11.9 Å². The number of ketones is 1. The number of unbranched alkanes of at least 4 members (excludes halogenated alkanes) is 26. The molecule has 7 nitrogen and oxygen atoms in total. The lowest BCUT2D eigenvalue weighted by atomic mass is 9.64. The van der Waals surface area contributed by atoms with Crippen molar-refractivity contribution < 1.29 is 28.7 Å². The summed E-state index contributed by atoms with van der Waals surface area (Å²) in [4.78, 5) is 53.4. The van der Waals surface area contributed by atoms with E-state index in [-0.39, 0.29) is 5.57 Å². The minimum absolute atomic E-state index is 0.0171. The topological polar surface area (TPSA) is 113 Å². The fraction of sp³-hybridized carbons (Fsp3) is 0.826. The fourth-order valence-corrected chi connectivity index (χ4v) is 8.92. The maximum Gasteiger partial charge on any atom is 0.341 e. The molecule has 0 fully saturated rings. The molecule has 0 saturated heterocycles. The number of methoxy groups -OCH3 is 2. The number of carbonyl (C=O) groups excluding carboxylic acids is 4. The summed E-state index contributed by atoms with van der Waals surface area (Å²) in [6, 6.07) is 0. The second-order valence-corrected chi connectivity index (χ2v) is 16.2. The Morgan fingerprint density at radius 1 is 0.547 bits per heavy atom. The van der Waals surface area contributed by atoms with Gasteiger partial charge in [0.25, 0.3) is 0 Å². The van der Waals surface area contributed by atoms with Crippen molar-refractivity contribution >= 4 is 23.6 Å². The minimum Gasteiger partial charge on any atom is -0.469 e. The first-order valence-electron chi connectivity index (χ1n) is 22.3. The average Bonchev–Trinajstić information content (AvgIpc) is 3.44. The van der Waals surface area contributed by atoms with Crippen LogP contribution >= 0.6 is 0 Å². The van der Waals surface area contributed by atoms with Crippen LogP contribution < -0.4 is 5.73 Å². The molecule has 0 aliphatic heterocycles. The molecule has 1 amide bonds. The van der Waals surface area contributed by atoms with Gasteiger partial charge in [0.15, 0.2) is 5.78 Å². The lowest BCUT2D eigenvalue weighted by molar-refractivity contribution is -0.147. The van der Waals surface area contributed by atoms with E-state index in [1.807, 2.05) is 0 Å². The van der Waals surface area contributed by atoms with Crippen molar-refractivity contribution in [2.45, 2.75) is 206 Å².